The summed E-state index contributed by atoms with van der Waals surface area (Å²) in [6.45, 7) is 2.23. The van der Waals surface area contributed by atoms with E-state index < -0.39 is 5.97 Å². The fraction of sp³-hybridized carbons (Fsp3) is 0.944. The Morgan fingerprint density at radius 3 is 2.33 bits per heavy atom. The smallest absolute Gasteiger partial charge is 0.303 e. The van der Waals surface area contributed by atoms with E-state index in [4.69, 9.17) is 5.11 Å². The SMILES string of the molecule is CCCCCC1C(O)CCC1CCCCCCCC(=O)O. The standard InChI is InChI=1S/C18H34O3/c1-2-3-7-11-16-15(13-14-17(16)19)10-8-5-4-6-9-12-18(20)21/h15-17,19H,2-14H2,1H3,(H,20,21). The number of hydrogen-bond acceptors (Lipinski definition) is 2. The monoisotopic (exact) mass is 298 g/mol. The largest absolute Gasteiger partial charge is 0.481 e. The van der Waals surface area contributed by atoms with Crippen molar-refractivity contribution in [2.24, 2.45) is 11.8 Å². The van der Waals surface area contributed by atoms with Crippen LogP contribution in [0, 0.1) is 11.8 Å². The van der Waals surface area contributed by atoms with Gasteiger partial charge in [0.15, 0.2) is 0 Å². The van der Waals surface area contributed by atoms with Gasteiger partial charge in [0.1, 0.15) is 0 Å². The number of aliphatic hydroxyl groups excluding tert-OH is 1. The van der Waals surface area contributed by atoms with E-state index in [9.17, 15) is 9.90 Å². The number of aliphatic carboxylic acids is 1. The lowest BCUT2D eigenvalue weighted by atomic mass is 9.86. The molecule has 0 aromatic rings. The minimum atomic E-state index is -0.676. The molecule has 3 atom stereocenters. The molecule has 0 aromatic carbocycles. The van der Waals surface area contributed by atoms with E-state index in [1.807, 2.05) is 0 Å². The Morgan fingerprint density at radius 2 is 1.62 bits per heavy atom. The first-order valence-corrected chi connectivity index (χ1v) is 9.05. The summed E-state index contributed by atoms with van der Waals surface area (Å²) < 4.78 is 0. The van der Waals surface area contributed by atoms with E-state index in [1.165, 1.54) is 51.4 Å². The van der Waals surface area contributed by atoms with Crippen molar-refractivity contribution in [3.63, 3.8) is 0 Å². The summed E-state index contributed by atoms with van der Waals surface area (Å²) in [7, 11) is 0. The van der Waals surface area contributed by atoms with E-state index in [0.29, 0.717) is 12.3 Å². The van der Waals surface area contributed by atoms with Gasteiger partial charge in [0, 0.05) is 6.42 Å². The van der Waals surface area contributed by atoms with Crippen LogP contribution in [-0.2, 0) is 4.79 Å². The highest BCUT2D eigenvalue weighted by Gasteiger charge is 2.33. The van der Waals surface area contributed by atoms with E-state index in [1.54, 1.807) is 0 Å². The van der Waals surface area contributed by atoms with Crippen LogP contribution >= 0.6 is 0 Å². The molecule has 0 aliphatic heterocycles. The predicted octanol–water partition coefficient (Wildman–Crippen LogP) is 4.77. The first-order chi connectivity index (χ1) is 10.1. The highest BCUT2D eigenvalue weighted by Crippen LogP contribution is 2.38. The molecular formula is C18H34O3. The van der Waals surface area contributed by atoms with Crippen LogP contribution in [0.25, 0.3) is 0 Å². The van der Waals surface area contributed by atoms with Gasteiger partial charge in [0.05, 0.1) is 6.10 Å². The maximum absolute atomic E-state index is 10.4. The normalized spacial score (nSPS) is 25.3. The van der Waals surface area contributed by atoms with Crippen LogP contribution in [0.1, 0.15) is 90.4 Å². The van der Waals surface area contributed by atoms with Crippen LogP contribution in [-0.4, -0.2) is 22.3 Å². The Bertz CT molecular complexity index is 278. The van der Waals surface area contributed by atoms with Crippen molar-refractivity contribution >= 4 is 5.97 Å². The van der Waals surface area contributed by atoms with Gasteiger partial charge in [0.2, 0.25) is 0 Å². The van der Waals surface area contributed by atoms with E-state index in [2.05, 4.69) is 6.92 Å². The van der Waals surface area contributed by atoms with Crippen LogP contribution in [0.4, 0.5) is 0 Å². The third-order valence-corrected chi connectivity index (χ3v) is 5.04. The van der Waals surface area contributed by atoms with Crippen LogP contribution in [0.2, 0.25) is 0 Å². The zero-order valence-electron chi connectivity index (χ0n) is 13.7. The molecule has 3 nitrogen and oxygen atoms in total. The fourth-order valence-electron chi connectivity index (χ4n) is 3.76. The van der Waals surface area contributed by atoms with Crippen molar-refractivity contribution in [3.05, 3.63) is 0 Å². The number of unbranched alkanes of at least 4 members (excludes halogenated alkanes) is 6. The maximum Gasteiger partial charge on any atom is 0.303 e. The van der Waals surface area contributed by atoms with Gasteiger partial charge in [-0.15, -0.1) is 0 Å². The molecule has 0 amide bonds. The van der Waals surface area contributed by atoms with Crippen LogP contribution < -0.4 is 0 Å². The second kappa shape index (κ2) is 11.1. The van der Waals surface area contributed by atoms with Crippen molar-refractivity contribution in [2.45, 2.75) is 96.5 Å². The predicted molar refractivity (Wildman–Crippen MR) is 86.3 cm³/mol. The first-order valence-electron chi connectivity index (χ1n) is 9.05. The Morgan fingerprint density at radius 1 is 0.952 bits per heavy atom. The average molecular weight is 298 g/mol. The van der Waals surface area contributed by atoms with Gasteiger partial charge in [-0.2, -0.15) is 0 Å². The Labute approximate surface area is 130 Å². The van der Waals surface area contributed by atoms with Gasteiger partial charge < -0.3 is 10.2 Å². The number of carboxylic acid groups (broad SMARTS) is 1. The molecule has 0 heterocycles. The van der Waals surface area contributed by atoms with E-state index in [-0.39, 0.29) is 6.10 Å². The lowest BCUT2D eigenvalue weighted by Crippen LogP contribution is -2.19. The van der Waals surface area contributed by atoms with Crippen molar-refractivity contribution in [2.75, 3.05) is 0 Å². The molecule has 124 valence electrons. The molecule has 1 aliphatic rings. The second-order valence-corrected chi connectivity index (χ2v) is 6.76. The zero-order valence-corrected chi connectivity index (χ0v) is 13.7. The molecule has 0 spiro atoms. The molecule has 3 unspecified atom stereocenters. The summed E-state index contributed by atoms with van der Waals surface area (Å²) in [5.41, 5.74) is 0. The summed E-state index contributed by atoms with van der Waals surface area (Å²) in [4.78, 5) is 10.4. The molecule has 1 saturated carbocycles. The third kappa shape index (κ3) is 7.85. The summed E-state index contributed by atoms with van der Waals surface area (Å²) in [5.74, 6) is 0.601. The van der Waals surface area contributed by atoms with Gasteiger partial charge in [0.25, 0.3) is 0 Å². The summed E-state index contributed by atoms with van der Waals surface area (Å²) >= 11 is 0. The first kappa shape index (κ1) is 18.5. The molecule has 0 aromatic heterocycles. The maximum atomic E-state index is 10.4. The van der Waals surface area contributed by atoms with Gasteiger partial charge in [-0.25, -0.2) is 0 Å². The van der Waals surface area contributed by atoms with Crippen LogP contribution in [0.5, 0.6) is 0 Å². The van der Waals surface area contributed by atoms with Gasteiger partial charge >= 0.3 is 5.97 Å². The number of rotatable bonds is 12. The molecule has 1 rings (SSSR count). The lowest BCUT2D eigenvalue weighted by molar-refractivity contribution is -0.137. The molecule has 0 radical (unpaired) electrons. The Hall–Kier alpha value is -0.570. The molecule has 1 fully saturated rings. The third-order valence-electron chi connectivity index (χ3n) is 5.04. The number of hydrogen-bond donors (Lipinski definition) is 2. The van der Waals surface area contributed by atoms with Crippen molar-refractivity contribution in [1.82, 2.24) is 0 Å². The molecular weight excluding hydrogens is 264 g/mol. The quantitative estimate of drug-likeness (QED) is 0.510. The van der Waals surface area contributed by atoms with Gasteiger partial charge in [-0.05, 0) is 37.5 Å². The topological polar surface area (TPSA) is 57.5 Å². The minimum Gasteiger partial charge on any atom is -0.481 e. The van der Waals surface area contributed by atoms with Gasteiger partial charge in [-0.3, -0.25) is 4.79 Å². The molecule has 2 N–H and O–H groups in total. The number of carbonyl (C=O) groups is 1. The van der Waals surface area contributed by atoms with Crippen molar-refractivity contribution < 1.29 is 15.0 Å². The lowest BCUT2D eigenvalue weighted by Gasteiger charge is -2.22. The Balaban J connectivity index is 2.08. The highest BCUT2D eigenvalue weighted by molar-refractivity contribution is 5.66. The molecule has 0 bridgehead atoms. The minimum absolute atomic E-state index is 0.0533. The van der Waals surface area contributed by atoms with Crippen molar-refractivity contribution in [3.8, 4) is 0 Å². The molecule has 21 heavy (non-hydrogen) atoms. The van der Waals surface area contributed by atoms with E-state index in [0.717, 1.165) is 31.6 Å². The highest BCUT2D eigenvalue weighted by atomic mass is 16.4. The summed E-state index contributed by atoms with van der Waals surface area (Å²) in [6, 6.07) is 0. The van der Waals surface area contributed by atoms with E-state index >= 15 is 0 Å². The second-order valence-electron chi connectivity index (χ2n) is 6.76. The Kier molecular flexibility index (Phi) is 9.73. The van der Waals surface area contributed by atoms with Crippen LogP contribution in [0.15, 0.2) is 0 Å². The zero-order chi connectivity index (χ0) is 15.5. The summed E-state index contributed by atoms with van der Waals surface area (Å²) in [5, 5.41) is 18.7. The molecule has 3 heteroatoms. The van der Waals surface area contributed by atoms with Gasteiger partial charge in [-0.1, -0.05) is 58.3 Å². The number of carboxylic acids is 1. The van der Waals surface area contributed by atoms with Crippen molar-refractivity contribution in [1.29, 1.82) is 0 Å². The molecule has 0 saturated heterocycles. The van der Waals surface area contributed by atoms with Crippen LogP contribution in [0.3, 0.4) is 0 Å². The molecule has 1 aliphatic carbocycles. The summed E-state index contributed by atoms with van der Waals surface area (Å²) in [6.07, 6.45) is 14.2. The fourth-order valence-corrected chi connectivity index (χ4v) is 3.76. The number of aliphatic hydroxyl groups is 1. The average Bonchev–Trinajstić information content (AvgIpc) is 2.79.